The van der Waals surface area contributed by atoms with Gasteiger partial charge < -0.3 is 14.4 Å². The van der Waals surface area contributed by atoms with Crippen molar-refractivity contribution in [3.8, 4) is 0 Å². The molecule has 1 amide bonds. The molecule has 26 heavy (non-hydrogen) atoms. The van der Waals surface area contributed by atoms with Gasteiger partial charge in [-0.3, -0.25) is 4.79 Å². The molecule has 2 heterocycles. The van der Waals surface area contributed by atoms with Gasteiger partial charge in [0.1, 0.15) is 11.6 Å². The molecule has 0 bridgehead atoms. The smallest absolute Gasteiger partial charge is 0.233 e. The third-order valence-corrected chi connectivity index (χ3v) is 5.32. The standard InChI is InChI=1S/C18H22FN5OS/c1-3-8-24-14(2)20-21-18(24)26-13-17(25)23-11-9-22(10-12-23)16-7-5-4-6-15(16)19/h3-7H,1,8-13H2,2H3. The van der Waals surface area contributed by atoms with E-state index in [1.165, 1.54) is 17.8 Å². The molecule has 0 saturated carbocycles. The van der Waals surface area contributed by atoms with E-state index in [9.17, 15) is 9.18 Å². The average molecular weight is 375 g/mol. The van der Waals surface area contributed by atoms with E-state index in [1.54, 1.807) is 18.2 Å². The van der Waals surface area contributed by atoms with E-state index in [1.807, 2.05) is 27.4 Å². The second kappa shape index (κ2) is 8.35. The molecule has 0 unspecified atom stereocenters. The quantitative estimate of drug-likeness (QED) is 0.573. The lowest BCUT2D eigenvalue weighted by Gasteiger charge is -2.36. The summed E-state index contributed by atoms with van der Waals surface area (Å²) in [5.41, 5.74) is 0.599. The van der Waals surface area contributed by atoms with Crippen LogP contribution < -0.4 is 4.90 Å². The molecule has 1 aliphatic heterocycles. The lowest BCUT2D eigenvalue weighted by atomic mass is 10.2. The Hall–Kier alpha value is -2.35. The maximum absolute atomic E-state index is 13.9. The van der Waals surface area contributed by atoms with E-state index >= 15 is 0 Å². The molecule has 6 nitrogen and oxygen atoms in total. The fraction of sp³-hybridized carbons (Fsp3) is 0.389. The number of allylic oxidation sites excluding steroid dienone is 1. The molecule has 1 aromatic heterocycles. The Morgan fingerprint density at radius 1 is 1.27 bits per heavy atom. The fourth-order valence-corrected chi connectivity index (χ4v) is 3.83. The Kier molecular flexibility index (Phi) is 5.92. The number of carbonyl (C=O) groups is 1. The number of hydrogen-bond donors (Lipinski definition) is 0. The molecule has 138 valence electrons. The van der Waals surface area contributed by atoms with Crippen LogP contribution in [0.15, 0.2) is 42.1 Å². The highest BCUT2D eigenvalue weighted by Gasteiger charge is 2.23. The first-order chi connectivity index (χ1) is 12.6. The zero-order valence-corrected chi connectivity index (χ0v) is 15.6. The number of anilines is 1. The zero-order chi connectivity index (χ0) is 18.5. The number of nitrogens with zero attached hydrogens (tertiary/aromatic N) is 5. The minimum atomic E-state index is -0.222. The molecule has 0 atom stereocenters. The van der Waals surface area contributed by atoms with Crippen molar-refractivity contribution in [2.45, 2.75) is 18.6 Å². The Morgan fingerprint density at radius 3 is 2.69 bits per heavy atom. The van der Waals surface area contributed by atoms with Crippen LogP contribution in [0.25, 0.3) is 0 Å². The highest BCUT2D eigenvalue weighted by Crippen LogP contribution is 2.21. The highest BCUT2D eigenvalue weighted by atomic mass is 32.2. The molecule has 1 saturated heterocycles. The fourth-order valence-electron chi connectivity index (χ4n) is 2.93. The number of amides is 1. The maximum atomic E-state index is 13.9. The van der Waals surface area contributed by atoms with Crippen molar-refractivity contribution in [2.75, 3.05) is 36.8 Å². The predicted molar refractivity (Wildman–Crippen MR) is 101 cm³/mol. The van der Waals surface area contributed by atoms with Gasteiger partial charge in [-0.2, -0.15) is 0 Å². The van der Waals surface area contributed by atoms with Gasteiger partial charge in [-0.15, -0.1) is 16.8 Å². The van der Waals surface area contributed by atoms with Crippen molar-refractivity contribution in [3.63, 3.8) is 0 Å². The summed E-state index contributed by atoms with van der Waals surface area (Å²) in [7, 11) is 0. The van der Waals surface area contributed by atoms with Crippen LogP contribution >= 0.6 is 11.8 Å². The number of carbonyl (C=O) groups excluding carboxylic acids is 1. The van der Waals surface area contributed by atoms with Crippen LogP contribution in [0.5, 0.6) is 0 Å². The van der Waals surface area contributed by atoms with Crippen LogP contribution in [0, 0.1) is 12.7 Å². The number of para-hydroxylation sites is 1. The van der Waals surface area contributed by atoms with E-state index in [0.717, 1.165) is 11.0 Å². The second-order valence-electron chi connectivity index (χ2n) is 6.04. The third-order valence-electron chi connectivity index (χ3n) is 4.36. The van der Waals surface area contributed by atoms with Gasteiger partial charge in [0.2, 0.25) is 5.91 Å². The first-order valence-corrected chi connectivity index (χ1v) is 9.49. The molecule has 2 aromatic rings. The molecular weight excluding hydrogens is 353 g/mol. The summed E-state index contributed by atoms with van der Waals surface area (Å²) in [6.45, 7) is 8.67. The van der Waals surface area contributed by atoms with E-state index in [2.05, 4.69) is 16.8 Å². The number of benzene rings is 1. The molecule has 0 spiro atoms. The Morgan fingerprint density at radius 2 is 2.00 bits per heavy atom. The minimum absolute atomic E-state index is 0.0639. The van der Waals surface area contributed by atoms with Gasteiger partial charge in [-0.05, 0) is 19.1 Å². The van der Waals surface area contributed by atoms with Crippen molar-refractivity contribution in [1.29, 1.82) is 0 Å². The monoisotopic (exact) mass is 375 g/mol. The van der Waals surface area contributed by atoms with Crippen molar-refractivity contribution in [3.05, 3.63) is 48.6 Å². The summed E-state index contributed by atoms with van der Waals surface area (Å²) in [5.74, 6) is 0.960. The first kappa shape index (κ1) is 18.4. The average Bonchev–Trinajstić information content (AvgIpc) is 3.01. The maximum Gasteiger partial charge on any atom is 0.233 e. The molecule has 1 aliphatic rings. The van der Waals surface area contributed by atoms with Gasteiger partial charge in [0.05, 0.1) is 11.4 Å². The summed E-state index contributed by atoms with van der Waals surface area (Å²) in [4.78, 5) is 16.3. The molecule has 0 aliphatic carbocycles. The number of aromatic nitrogens is 3. The van der Waals surface area contributed by atoms with Crippen LogP contribution in [0.3, 0.4) is 0 Å². The van der Waals surface area contributed by atoms with Crippen LogP contribution in [-0.2, 0) is 11.3 Å². The van der Waals surface area contributed by atoms with Crippen LogP contribution in [0.2, 0.25) is 0 Å². The van der Waals surface area contributed by atoms with Gasteiger partial charge in [-0.1, -0.05) is 30.0 Å². The van der Waals surface area contributed by atoms with Crippen molar-refractivity contribution in [2.24, 2.45) is 0 Å². The van der Waals surface area contributed by atoms with E-state index in [-0.39, 0.29) is 11.7 Å². The predicted octanol–water partition coefficient (Wildman–Crippen LogP) is 2.35. The number of hydrogen-bond acceptors (Lipinski definition) is 5. The molecular formula is C18H22FN5OS. The van der Waals surface area contributed by atoms with Crippen LogP contribution in [0.4, 0.5) is 10.1 Å². The van der Waals surface area contributed by atoms with Gasteiger partial charge in [0, 0.05) is 32.7 Å². The molecule has 0 radical (unpaired) electrons. The number of rotatable bonds is 6. The first-order valence-electron chi connectivity index (χ1n) is 8.51. The van der Waals surface area contributed by atoms with Gasteiger partial charge >= 0.3 is 0 Å². The largest absolute Gasteiger partial charge is 0.366 e. The summed E-state index contributed by atoms with van der Waals surface area (Å²) >= 11 is 1.39. The molecule has 8 heteroatoms. The minimum Gasteiger partial charge on any atom is -0.366 e. The van der Waals surface area contributed by atoms with Gasteiger partial charge in [0.25, 0.3) is 0 Å². The number of thioether (sulfide) groups is 1. The Balaban J connectivity index is 1.53. The topological polar surface area (TPSA) is 54.3 Å². The van der Waals surface area contributed by atoms with E-state index < -0.39 is 0 Å². The van der Waals surface area contributed by atoms with Gasteiger partial charge in [-0.25, -0.2) is 4.39 Å². The molecule has 1 fully saturated rings. The normalized spacial score (nSPS) is 14.5. The van der Waals surface area contributed by atoms with Crippen molar-refractivity contribution < 1.29 is 9.18 Å². The zero-order valence-electron chi connectivity index (χ0n) is 14.8. The Labute approximate surface area is 156 Å². The van der Waals surface area contributed by atoms with Crippen LogP contribution in [-0.4, -0.2) is 57.5 Å². The third kappa shape index (κ3) is 4.07. The molecule has 1 aromatic carbocycles. The lowest BCUT2D eigenvalue weighted by Crippen LogP contribution is -2.49. The number of piperazine rings is 1. The van der Waals surface area contributed by atoms with Crippen LogP contribution in [0.1, 0.15) is 5.82 Å². The lowest BCUT2D eigenvalue weighted by molar-refractivity contribution is -0.128. The summed E-state index contributed by atoms with van der Waals surface area (Å²) < 4.78 is 15.8. The number of aryl methyl sites for hydroxylation is 1. The van der Waals surface area contributed by atoms with E-state index in [0.29, 0.717) is 44.2 Å². The summed E-state index contributed by atoms with van der Waals surface area (Å²) in [5, 5.41) is 8.90. The van der Waals surface area contributed by atoms with Crippen molar-refractivity contribution >= 4 is 23.4 Å². The highest BCUT2D eigenvalue weighted by molar-refractivity contribution is 7.99. The summed E-state index contributed by atoms with van der Waals surface area (Å²) in [6.07, 6.45) is 1.78. The second-order valence-corrected chi connectivity index (χ2v) is 6.98. The van der Waals surface area contributed by atoms with Gasteiger partial charge in [0.15, 0.2) is 5.16 Å². The summed E-state index contributed by atoms with van der Waals surface area (Å²) in [6, 6.07) is 6.75. The SMILES string of the molecule is C=CCn1c(C)nnc1SCC(=O)N1CCN(c2ccccc2F)CC1. The Bertz CT molecular complexity index is 786. The van der Waals surface area contributed by atoms with Crippen molar-refractivity contribution in [1.82, 2.24) is 19.7 Å². The molecule has 3 rings (SSSR count). The number of halogens is 1. The molecule has 0 N–H and O–H groups in total. The van der Waals surface area contributed by atoms with E-state index in [4.69, 9.17) is 0 Å².